The van der Waals surface area contributed by atoms with Crippen molar-refractivity contribution in [2.75, 3.05) is 6.26 Å². The second-order valence-electron chi connectivity index (χ2n) is 3.26. The summed E-state index contributed by atoms with van der Waals surface area (Å²) in [5, 5.41) is 3.69. The second kappa shape index (κ2) is 3.35. The van der Waals surface area contributed by atoms with E-state index >= 15 is 0 Å². The topological polar surface area (TPSA) is 0 Å². The Kier molecular flexibility index (Phi) is 2.35. The van der Waals surface area contributed by atoms with Gasteiger partial charge in [0.2, 0.25) is 0 Å². The first-order chi connectivity index (χ1) is 6.22. The minimum atomic E-state index is 1.36. The largest absolute Gasteiger partial charge is 0.143 e. The predicted molar refractivity (Wildman–Crippen MR) is 63.1 cm³/mol. The third-order valence-electron chi connectivity index (χ3n) is 2.19. The Hall–Kier alpha value is -0.470. The molecular formula is C11H12S2. The molecule has 2 aromatic rings. The van der Waals surface area contributed by atoms with Gasteiger partial charge in [-0.2, -0.15) is 0 Å². The standard InChI is InChI=1S/C11H12S2/c1-7-4-9(12-3)11-8(2)6-13-10(11)5-7/h4-6H,1-3H3. The normalized spacial score (nSPS) is 11.0. The Labute approximate surface area is 87.0 Å². The molecule has 1 heterocycles. The summed E-state index contributed by atoms with van der Waals surface area (Å²) in [5.41, 5.74) is 2.77. The molecule has 68 valence electrons. The van der Waals surface area contributed by atoms with Crippen molar-refractivity contribution in [1.82, 2.24) is 0 Å². The van der Waals surface area contributed by atoms with Crippen LogP contribution in [-0.4, -0.2) is 6.26 Å². The van der Waals surface area contributed by atoms with E-state index < -0.39 is 0 Å². The van der Waals surface area contributed by atoms with Gasteiger partial charge in [0.15, 0.2) is 0 Å². The molecule has 13 heavy (non-hydrogen) atoms. The van der Waals surface area contributed by atoms with Crippen molar-refractivity contribution in [3.63, 3.8) is 0 Å². The van der Waals surface area contributed by atoms with Gasteiger partial charge >= 0.3 is 0 Å². The molecule has 1 aromatic heterocycles. The molecule has 2 rings (SSSR count). The maximum absolute atomic E-state index is 2.27. The van der Waals surface area contributed by atoms with Crippen LogP contribution in [0.2, 0.25) is 0 Å². The van der Waals surface area contributed by atoms with Gasteiger partial charge in [0.25, 0.3) is 0 Å². The highest BCUT2D eigenvalue weighted by molar-refractivity contribution is 7.98. The van der Waals surface area contributed by atoms with Gasteiger partial charge in [0.1, 0.15) is 0 Å². The van der Waals surface area contributed by atoms with Gasteiger partial charge in [0, 0.05) is 15.0 Å². The second-order valence-corrected chi connectivity index (χ2v) is 5.02. The zero-order chi connectivity index (χ0) is 9.42. The summed E-state index contributed by atoms with van der Waals surface area (Å²) in [4.78, 5) is 1.41. The van der Waals surface area contributed by atoms with E-state index in [4.69, 9.17) is 0 Å². The van der Waals surface area contributed by atoms with Crippen molar-refractivity contribution in [3.8, 4) is 0 Å². The number of hydrogen-bond donors (Lipinski definition) is 0. The SMILES string of the molecule is CSc1cc(C)cc2scc(C)c12. The van der Waals surface area contributed by atoms with Crippen LogP contribution >= 0.6 is 23.1 Å². The van der Waals surface area contributed by atoms with E-state index in [1.807, 2.05) is 23.1 Å². The summed E-state index contributed by atoms with van der Waals surface area (Å²) in [5.74, 6) is 0. The van der Waals surface area contributed by atoms with Crippen molar-refractivity contribution in [2.24, 2.45) is 0 Å². The van der Waals surface area contributed by atoms with Crippen molar-refractivity contribution in [2.45, 2.75) is 18.7 Å². The zero-order valence-electron chi connectivity index (χ0n) is 8.05. The average Bonchev–Trinajstić information content (AvgIpc) is 2.46. The highest BCUT2D eigenvalue weighted by Crippen LogP contribution is 2.34. The molecule has 0 nitrogen and oxygen atoms in total. The third-order valence-corrected chi connectivity index (χ3v) is 4.00. The molecule has 2 heteroatoms. The minimum absolute atomic E-state index is 1.36. The van der Waals surface area contributed by atoms with Gasteiger partial charge in [-0.3, -0.25) is 0 Å². The lowest BCUT2D eigenvalue weighted by atomic mass is 10.1. The zero-order valence-corrected chi connectivity index (χ0v) is 9.68. The molecule has 0 aliphatic carbocycles. The first-order valence-corrected chi connectivity index (χ1v) is 6.35. The van der Waals surface area contributed by atoms with Crippen LogP contribution in [0.1, 0.15) is 11.1 Å². The summed E-state index contributed by atoms with van der Waals surface area (Å²) in [7, 11) is 0. The fourth-order valence-electron chi connectivity index (χ4n) is 1.57. The van der Waals surface area contributed by atoms with E-state index in [1.54, 1.807) is 0 Å². The van der Waals surface area contributed by atoms with Crippen LogP contribution in [0.4, 0.5) is 0 Å². The van der Waals surface area contributed by atoms with E-state index in [-0.39, 0.29) is 0 Å². The molecule has 0 saturated carbocycles. The summed E-state index contributed by atoms with van der Waals surface area (Å²) in [6.07, 6.45) is 2.14. The van der Waals surface area contributed by atoms with Crippen LogP contribution in [-0.2, 0) is 0 Å². The van der Waals surface area contributed by atoms with Gasteiger partial charge in [-0.15, -0.1) is 23.1 Å². The van der Waals surface area contributed by atoms with Gasteiger partial charge in [-0.25, -0.2) is 0 Å². The number of aryl methyl sites for hydroxylation is 2. The molecule has 0 aliphatic heterocycles. The summed E-state index contributed by atoms with van der Waals surface area (Å²) in [6.45, 7) is 4.35. The van der Waals surface area contributed by atoms with Gasteiger partial charge in [-0.1, -0.05) is 0 Å². The lowest BCUT2D eigenvalue weighted by Gasteiger charge is -2.02. The average molecular weight is 208 g/mol. The smallest absolute Gasteiger partial charge is 0.0359 e. The Bertz CT molecular complexity index is 441. The molecule has 0 radical (unpaired) electrons. The number of benzene rings is 1. The quantitative estimate of drug-likeness (QED) is 0.632. The molecule has 1 aromatic carbocycles. The minimum Gasteiger partial charge on any atom is -0.143 e. The Balaban J connectivity index is 2.85. The molecule has 0 fully saturated rings. The Morgan fingerprint density at radius 3 is 2.69 bits per heavy atom. The van der Waals surface area contributed by atoms with E-state index in [1.165, 1.54) is 26.1 Å². The van der Waals surface area contributed by atoms with E-state index in [2.05, 4.69) is 37.6 Å². The van der Waals surface area contributed by atoms with E-state index in [0.717, 1.165) is 0 Å². The molecule has 0 aliphatic rings. The maximum atomic E-state index is 2.27. The van der Waals surface area contributed by atoms with Gasteiger partial charge in [0.05, 0.1) is 0 Å². The van der Waals surface area contributed by atoms with Gasteiger partial charge < -0.3 is 0 Å². The Morgan fingerprint density at radius 2 is 2.00 bits per heavy atom. The fourth-order valence-corrected chi connectivity index (χ4v) is 3.48. The number of hydrogen-bond acceptors (Lipinski definition) is 2. The van der Waals surface area contributed by atoms with Crippen molar-refractivity contribution >= 4 is 33.2 Å². The Morgan fingerprint density at radius 1 is 1.23 bits per heavy atom. The lowest BCUT2D eigenvalue weighted by molar-refractivity contribution is 1.41. The molecule has 0 amide bonds. The van der Waals surface area contributed by atoms with Crippen LogP contribution in [0.15, 0.2) is 22.4 Å². The van der Waals surface area contributed by atoms with Crippen LogP contribution in [0.5, 0.6) is 0 Å². The molecule has 0 bridgehead atoms. The van der Waals surface area contributed by atoms with Crippen molar-refractivity contribution < 1.29 is 0 Å². The van der Waals surface area contributed by atoms with Crippen molar-refractivity contribution in [3.05, 3.63) is 28.6 Å². The molecule has 0 atom stereocenters. The molecule has 0 N–H and O–H groups in total. The summed E-state index contributed by atoms with van der Waals surface area (Å²) >= 11 is 3.68. The summed E-state index contributed by atoms with van der Waals surface area (Å²) < 4.78 is 1.42. The maximum Gasteiger partial charge on any atom is 0.0359 e. The molecule has 0 unspecified atom stereocenters. The van der Waals surface area contributed by atoms with E-state index in [0.29, 0.717) is 0 Å². The molecule has 0 spiro atoms. The number of fused-ring (bicyclic) bond motifs is 1. The number of rotatable bonds is 1. The van der Waals surface area contributed by atoms with Crippen molar-refractivity contribution in [1.29, 1.82) is 0 Å². The molecular weight excluding hydrogens is 196 g/mol. The van der Waals surface area contributed by atoms with Gasteiger partial charge in [-0.05, 0) is 48.7 Å². The van der Waals surface area contributed by atoms with Crippen LogP contribution in [0.25, 0.3) is 10.1 Å². The first-order valence-electron chi connectivity index (χ1n) is 4.25. The van der Waals surface area contributed by atoms with Crippen LogP contribution in [0.3, 0.4) is 0 Å². The summed E-state index contributed by atoms with van der Waals surface area (Å²) in [6, 6.07) is 4.54. The highest BCUT2D eigenvalue weighted by Gasteiger charge is 2.05. The highest BCUT2D eigenvalue weighted by atomic mass is 32.2. The van der Waals surface area contributed by atoms with Crippen LogP contribution in [0, 0.1) is 13.8 Å². The van der Waals surface area contributed by atoms with Crippen LogP contribution < -0.4 is 0 Å². The molecule has 0 saturated heterocycles. The fraction of sp³-hybridized carbons (Fsp3) is 0.273. The number of thioether (sulfide) groups is 1. The van der Waals surface area contributed by atoms with E-state index in [9.17, 15) is 0 Å². The first kappa shape index (κ1) is 9.10. The number of thiophene rings is 1. The third kappa shape index (κ3) is 1.49. The lowest BCUT2D eigenvalue weighted by Crippen LogP contribution is -1.77. The predicted octanol–water partition coefficient (Wildman–Crippen LogP) is 4.24. The monoisotopic (exact) mass is 208 g/mol.